The zero-order valence-electron chi connectivity index (χ0n) is 16.6. The number of nitrogens with zero attached hydrogens (tertiary/aromatic N) is 3. The quantitative estimate of drug-likeness (QED) is 0.305. The van der Waals surface area contributed by atoms with Gasteiger partial charge in [0.05, 0.1) is 28.6 Å². The van der Waals surface area contributed by atoms with Crippen LogP contribution in [0.3, 0.4) is 0 Å². The lowest BCUT2D eigenvalue weighted by Crippen LogP contribution is -2.25. The molecule has 0 bridgehead atoms. The number of nitrogens with one attached hydrogen (secondary N) is 2. The lowest BCUT2D eigenvalue weighted by atomic mass is 10.2. The normalized spacial score (nSPS) is 10.6. The highest BCUT2D eigenvalue weighted by Gasteiger charge is 2.16. The standard InChI is InChI=1S/C21H18BrClFN5O2S/c1-2-9-29-18(11-25-20(31)14-5-3-4-6-15(14)23)27-28-21(29)32-12-19(30)26-17-8-7-13(22)10-16(17)24/h2-8,10H,1,9,11-12H2,(H,25,31)(H,26,30). The van der Waals surface area contributed by atoms with Gasteiger partial charge in [-0.05, 0) is 30.3 Å². The fraction of sp³-hybridized carbons (Fsp3) is 0.143. The molecule has 3 rings (SSSR count). The minimum absolute atomic E-state index is 0.00321. The van der Waals surface area contributed by atoms with Gasteiger partial charge in [-0.15, -0.1) is 16.8 Å². The SMILES string of the molecule is C=CCn1c(CNC(=O)c2ccccc2Cl)nnc1SCC(=O)Nc1ccc(Br)cc1F. The summed E-state index contributed by atoms with van der Waals surface area (Å²) >= 11 is 10.4. The van der Waals surface area contributed by atoms with Gasteiger partial charge in [0.2, 0.25) is 5.91 Å². The van der Waals surface area contributed by atoms with Crippen molar-refractivity contribution in [3.05, 3.63) is 81.8 Å². The van der Waals surface area contributed by atoms with Crippen molar-refractivity contribution >= 4 is 56.8 Å². The first-order chi connectivity index (χ1) is 15.4. The second kappa shape index (κ2) is 11.3. The third kappa shape index (κ3) is 6.18. The molecule has 3 aromatic rings. The van der Waals surface area contributed by atoms with E-state index in [-0.39, 0.29) is 23.9 Å². The number of carbonyl (C=O) groups excluding carboxylic acids is 2. The molecule has 1 aromatic heterocycles. The number of carbonyl (C=O) groups is 2. The van der Waals surface area contributed by atoms with Gasteiger partial charge in [-0.3, -0.25) is 9.59 Å². The Morgan fingerprint density at radius 2 is 2.03 bits per heavy atom. The number of hydrogen-bond acceptors (Lipinski definition) is 5. The highest BCUT2D eigenvalue weighted by Crippen LogP contribution is 2.21. The van der Waals surface area contributed by atoms with Gasteiger partial charge in [-0.2, -0.15) is 0 Å². The predicted molar refractivity (Wildman–Crippen MR) is 126 cm³/mol. The predicted octanol–water partition coefficient (Wildman–Crippen LogP) is 4.68. The van der Waals surface area contributed by atoms with Gasteiger partial charge in [0.15, 0.2) is 11.0 Å². The topological polar surface area (TPSA) is 88.9 Å². The second-order valence-corrected chi connectivity index (χ2v) is 8.69. The first kappa shape index (κ1) is 24.0. The summed E-state index contributed by atoms with van der Waals surface area (Å²) in [5.74, 6) is -0.778. The summed E-state index contributed by atoms with van der Waals surface area (Å²) in [7, 11) is 0. The van der Waals surface area contributed by atoms with Crippen LogP contribution in [0.15, 0.2) is 64.7 Å². The molecule has 2 amide bonds. The molecule has 0 aliphatic heterocycles. The molecule has 0 spiro atoms. The molecular formula is C21H18BrClFN5O2S. The third-order valence-corrected chi connectivity index (χ3v) is 5.96. The van der Waals surface area contributed by atoms with Crippen LogP contribution in [0.2, 0.25) is 5.02 Å². The zero-order valence-corrected chi connectivity index (χ0v) is 19.8. The molecule has 2 aromatic carbocycles. The average molecular weight is 539 g/mol. The molecule has 0 saturated carbocycles. The van der Waals surface area contributed by atoms with E-state index in [9.17, 15) is 14.0 Å². The van der Waals surface area contributed by atoms with E-state index in [1.165, 1.54) is 12.1 Å². The summed E-state index contributed by atoms with van der Waals surface area (Å²) in [6.07, 6.45) is 1.66. The Balaban J connectivity index is 1.62. The van der Waals surface area contributed by atoms with Gasteiger partial charge in [-0.1, -0.05) is 57.5 Å². The molecule has 2 N–H and O–H groups in total. The van der Waals surface area contributed by atoms with Crippen LogP contribution in [0, 0.1) is 5.82 Å². The molecule has 32 heavy (non-hydrogen) atoms. The zero-order chi connectivity index (χ0) is 23.1. The number of aromatic nitrogens is 3. The largest absolute Gasteiger partial charge is 0.345 e. The molecule has 0 saturated heterocycles. The minimum atomic E-state index is -0.538. The van der Waals surface area contributed by atoms with E-state index in [4.69, 9.17) is 11.6 Å². The van der Waals surface area contributed by atoms with Crippen molar-refractivity contribution in [2.24, 2.45) is 0 Å². The van der Waals surface area contributed by atoms with Crippen molar-refractivity contribution in [3.8, 4) is 0 Å². The van der Waals surface area contributed by atoms with Crippen LogP contribution in [-0.4, -0.2) is 32.3 Å². The number of halogens is 3. The molecule has 0 aliphatic rings. The molecule has 0 unspecified atom stereocenters. The minimum Gasteiger partial charge on any atom is -0.345 e. The number of thioether (sulfide) groups is 1. The fourth-order valence-corrected chi connectivity index (χ4v) is 4.00. The highest BCUT2D eigenvalue weighted by atomic mass is 79.9. The van der Waals surface area contributed by atoms with Crippen LogP contribution in [0.25, 0.3) is 0 Å². The lowest BCUT2D eigenvalue weighted by Gasteiger charge is -2.10. The smallest absolute Gasteiger partial charge is 0.253 e. The Morgan fingerprint density at radius 1 is 1.25 bits per heavy atom. The number of rotatable bonds is 9. The van der Waals surface area contributed by atoms with Crippen molar-refractivity contribution in [2.75, 3.05) is 11.1 Å². The van der Waals surface area contributed by atoms with Crippen LogP contribution in [0.1, 0.15) is 16.2 Å². The summed E-state index contributed by atoms with van der Waals surface area (Å²) < 4.78 is 16.2. The Kier molecular flexibility index (Phi) is 8.43. The molecule has 1 heterocycles. The Bertz CT molecular complexity index is 1160. The summed E-state index contributed by atoms with van der Waals surface area (Å²) in [4.78, 5) is 24.6. The van der Waals surface area contributed by atoms with Crippen LogP contribution < -0.4 is 10.6 Å². The molecular weight excluding hydrogens is 521 g/mol. The number of amides is 2. The first-order valence-corrected chi connectivity index (χ1v) is 11.5. The lowest BCUT2D eigenvalue weighted by molar-refractivity contribution is -0.113. The molecule has 11 heteroatoms. The van der Waals surface area contributed by atoms with Gasteiger partial charge < -0.3 is 15.2 Å². The Hall–Kier alpha value is -2.69. The van der Waals surface area contributed by atoms with Gasteiger partial charge in [-0.25, -0.2) is 4.39 Å². The number of anilines is 1. The average Bonchev–Trinajstić information content (AvgIpc) is 3.15. The third-order valence-electron chi connectivity index (χ3n) is 4.17. The monoisotopic (exact) mass is 537 g/mol. The van der Waals surface area contributed by atoms with E-state index in [0.717, 1.165) is 11.8 Å². The molecule has 0 aliphatic carbocycles. The Labute approximate surface area is 201 Å². The summed E-state index contributed by atoms with van der Waals surface area (Å²) in [5.41, 5.74) is 0.449. The number of allylic oxidation sites excluding steroid dienone is 1. The molecule has 0 fully saturated rings. The van der Waals surface area contributed by atoms with Crippen LogP contribution in [-0.2, 0) is 17.9 Å². The van der Waals surface area contributed by atoms with Gasteiger partial charge in [0, 0.05) is 11.0 Å². The van der Waals surface area contributed by atoms with Crippen molar-refractivity contribution in [1.82, 2.24) is 20.1 Å². The first-order valence-electron chi connectivity index (χ1n) is 9.32. The molecule has 166 valence electrons. The van der Waals surface area contributed by atoms with Crippen LogP contribution >= 0.6 is 39.3 Å². The van der Waals surface area contributed by atoms with Crippen molar-refractivity contribution in [2.45, 2.75) is 18.2 Å². The van der Waals surface area contributed by atoms with Crippen molar-refractivity contribution < 1.29 is 14.0 Å². The maximum absolute atomic E-state index is 13.9. The van der Waals surface area contributed by atoms with Crippen molar-refractivity contribution in [1.29, 1.82) is 0 Å². The highest BCUT2D eigenvalue weighted by molar-refractivity contribution is 9.10. The maximum Gasteiger partial charge on any atom is 0.253 e. The van der Waals surface area contributed by atoms with Crippen molar-refractivity contribution in [3.63, 3.8) is 0 Å². The number of benzene rings is 2. The van der Waals surface area contributed by atoms with E-state index >= 15 is 0 Å². The van der Waals surface area contributed by atoms with E-state index in [1.807, 2.05) is 0 Å². The van der Waals surface area contributed by atoms with Gasteiger partial charge in [0.25, 0.3) is 5.91 Å². The van der Waals surface area contributed by atoms with Crippen LogP contribution in [0.5, 0.6) is 0 Å². The van der Waals surface area contributed by atoms with Gasteiger partial charge in [0.1, 0.15) is 5.82 Å². The molecule has 0 radical (unpaired) electrons. The van der Waals surface area contributed by atoms with Gasteiger partial charge >= 0.3 is 0 Å². The van der Waals surface area contributed by atoms with E-state index in [2.05, 4.69) is 43.3 Å². The summed E-state index contributed by atoms with van der Waals surface area (Å²) in [6, 6.07) is 11.1. The van der Waals surface area contributed by atoms with E-state index in [1.54, 1.807) is 41.0 Å². The fourth-order valence-electron chi connectivity index (χ4n) is 2.68. The molecule has 0 atom stereocenters. The summed E-state index contributed by atoms with van der Waals surface area (Å²) in [6.45, 7) is 4.22. The summed E-state index contributed by atoms with van der Waals surface area (Å²) in [5, 5.41) is 14.3. The Morgan fingerprint density at radius 3 is 2.75 bits per heavy atom. The number of hydrogen-bond donors (Lipinski definition) is 2. The van der Waals surface area contributed by atoms with E-state index in [0.29, 0.717) is 32.6 Å². The molecule has 7 nitrogen and oxygen atoms in total. The van der Waals surface area contributed by atoms with E-state index < -0.39 is 11.7 Å². The van der Waals surface area contributed by atoms with Crippen LogP contribution in [0.4, 0.5) is 10.1 Å². The second-order valence-electron chi connectivity index (χ2n) is 6.42. The maximum atomic E-state index is 13.9.